The van der Waals surface area contributed by atoms with Crippen molar-refractivity contribution >= 4 is 5.91 Å². The minimum atomic E-state index is -0.465. The first-order chi connectivity index (χ1) is 9.65. The van der Waals surface area contributed by atoms with Gasteiger partial charge < -0.3 is 9.64 Å². The number of amides is 1. The average molecular weight is 279 g/mol. The quantitative estimate of drug-likeness (QED) is 0.883. The first-order valence-electron chi connectivity index (χ1n) is 6.00. The van der Waals surface area contributed by atoms with Crippen LogP contribution in [0.4, 0.5) is 4.39 Å². The Kier molecular flexibility index (Phi) is 4.24. The number of hydrogen-bond acceptors (Lipinski definition) is 5. The van der Waals surface area contributed by atoms with Gasteiger partial charge in [-0.2, -0.15) is 5.21 Å². The maximum absolute atomic E-state index is 13.6. The Morgan fingerprint density at radius 3 is 2.85 bits per heavy atom. The third kappa shape index (κ3) is 2.90. The smallest absolute Gasteiger partial charge is 0.295 e. The van der Waals surface area contributed by atoms with Crippen LogP contribution in [0.5, 0.6) is 5.75 Å². The van der Waals surface area contributed by atoms with Crippen molar-refractivity contribution in [3.05, 3.63) is 35.4 Å². The van der Waals surface area contributed by atoms with E-state index >= 15 is 0 Å². The highest BCUT2D eigenvalue weighted by Gasteiger charge is 2.19. The van der Waals surface area contributed by atoms with Crippen LogP contribution in [-0.4, -0.2) is 45.1 Å². The van der Waals surface area contributed by atoms with Crippen molar-refractivity contribution in [2.75, 3.05) is 13.7 Å². The minimum absolute atomic E-state index is 0.0131. The molecule has 0 fully saturated rings. The average Bonchev–Trinajstić information content (AvgIpc) is 2.98. The molecule has 1 heterocycles. The van der Waals surface area contributed by atoms with Gasteiger partial charge >= 0.3 is 0 Å². The van der Waals surface area contributed by atoms with Crippen LogP contribution < -0.4 is 4.74 Å². The SMILES string of the molecule is CCN(Cc1ccc(OC)c(F)c1)C(=O)c1nn[nH]n1. The zero-order valence-electron chi connectivity index (χ0n) is 11.1. The van der Waals surface area contributed by atoms with Gasteiger partial charge in [0.25, 0.3) is 11.7 Å². The van der Waals surface area contributed by atoms with Crippen molar-refractivity contribution in [3.63, 3.8) is 0 Å². The summed E-state index contributed by atoms with van der Waals surface area (Å²) in [5, 5.41) is 12.8. The van der Waals surface area contributed by atoms with Crippen LogP contribution in [-0.2, 0) is 6.54 Å². The molecule has 1 aromatic heterocycles. The molecular formula is C12H14FN5O2. The number of methoxy groups -OCH3 is 1. The number of ether oxygens (including phenoxy) is 1. The van der Waals surface area contributed by atoms with Gasteiger partial charge in [0.05, 0.1) is 7.11 Å². The lowest BCUT2D eigenvalue weighted by Gasteiger charge is -2.19. The van der Waals surface area contributed by atoms with Crippen LogP contribution in [0.25, 0.3) is 0 Å². The summed E-state index contributed by atoms with van der Waals surface area (Å²) < 4.78 is 18.5. The van der Waals surface area contributed by atoms with Gasteiger partial charge in [0.2, 0.25) is 0 Å². The number of nitrogens with one attached hydrogen (secondary N) is 1. The second-order valence-corrected chi connectivity index (χ2v) is 4.02. The van der Waals surface area contributed by atoms with E-state index in [4.69, 9.17) is 4.74 Å². The largest absolute Gasteiger partial charge is 0.494 e. The molecule has 8 heteroatoms. The third-order valence-electron chi connectivity index (χ3n) is 2.80. The summed E-state index contributed by atoms with van der Waals surface area (Å²) in [5.74, 6) is -0.673. The molecule has 20 heavy (non-hydrogen) atoms. The molecule has 7 nitrogen and oxygen atoms in total. The Morgan fingerprint density at radius 2 is 2.30 bits per heavy atom. The van der Waals surface area contributed by atoms with Gasteiger partial charge in [0, 0.05) is 13.1 Å². The Labute approximate surface area is 114 Å². The molecular weight excluding hydrogens is 265 g/mol. The van der Waals surface area contributed by atoms with Crippen LogP contribution in [0.1, 0.15) is 23.1 Å². The Balaban J connectivity index is 2.14. The highest BCUT2D eigenvalue weighted by molar-refractivity contribution is 5.90. The normalized spacial score (nSPS) is 10.3. The predicted molar refractivity (Wildman–Crippen MR) is 67.5 cm³/mol. The fraction of sp³-hybridized carbons (Fsp3) is 0.333. The molecule has 0 saturated carbocycles. The summed E-state index contributed by atoms with van der Waals surface area (Å²) in [4.78, 5) is 13.6. The molecule has 0 spiro atoms. The molecule has 1 amide bonds. The number of aromatic nitrogens is 4. The zero-order chi connectivity index (χ0) is 14.5. The molecule has 0 atom stereocenters. The van der Waals surface area contributed by atoms with Crippen LogP contribution in [0, 0.1) is 5.82 Å². The molecule has 0 radical (unpaired) electrons. The van der Waals surface area contributed by atoms with Crippen molar-refractivity contribution in [3.8, 4) is 5.75 Å². The van der Waals surface area contributed by atoms with Crippen LogP contribution in [0.15, 0.2) is 18.2 Å². The molecule has 1 aromatic carbocycles. The molecule has 2 rings (SSSR count). The number of carbonyl (C=O) groups excluding carboxylic acids is 1. The van der Waals surface area contributed by atoms with Crippen molar-refractivity contribution < 1.29 is 13.9 Å². The summed E-state index contributed by atoms with van der Waals surface area (Å²) >= 11 is 0. The highest BCUT2D eigenvalue weighted by atomic mass is 19.1. The van der Waals surface area contributed by atoms with Crippen molar-refractivity contribution in [2.24, 2.45) is 0 Å². The Hall–Kier alpha value is -2.51. The van der Waals surface area contributed by atoms with E-state index in [9.17, 15) is 9.18 Å². The summed E-state index contributed by atoms with van der Waals surface area (Å²) in [6.07, 6.45) is 0. The minimum Gasteiger partial charge on any atom is -0.494 e. The van der Waals surface area contributed by atoms with E-state index in [-0.39, 0.29) is 24.0 Å². The fourth-order valence-corrected chi connectivity index (χ4v) is 1.75. The van der Waals surface area contributed by atoms with E-state index in [1.54, 1.807) is 6.07 Å². The molecule has 0 aliphatic rings. The maximum atomic E-state index is 13.6. The fourth-order valence-electron chi connectivity index (χ4n) is 1.75. The van der Waals surface area contributed by atoms with Gasteiger partial charge in [-0.25, -0.2) is 4.39 Å². The van der Waals surface area contributed by atoms with Gasteiger partial charge in [-0.3, -0.25) is 4.79 Å². The number of hydrogen-bond donors (Lipinski definition) is 1. The van der Waals surface area contributed by atoms with E-state index < -0.39 is 5.82 Å². The standard InChI is InChI=1S/C12H14FN5O2/c1-3-18(12(19)11-14-16-17-15-11)7-8-4-5-10(20-2)9(13)6-8/h4-6H,3,7H2,1-2H3,(H,14,15,16,17). The molecule has 2 aromatic rings. The predicted octanol–water partition coefficient (Wildman–Crippen LogP) is 1.01. The zero-order valence-corrected chi connectivity index (χ0v) is 11.1. The molecule has 0 aliphatic carbocycles. The molecule has 0 bridgehead atoms. The summed E-state index contributed by atoms with van der Waals surface area (Å²) in [5.41, 5.74) is 0.655. The lowest BCUT2D eigenvalue weighted by molar-refractivity contribution is 0.0740. The molecule has 1 N–H and O–H groups in total. The molecule has 0 aliphatic heterocycles. The first-order valence-corrected chi connectivity index (χ1v) is 6.00. The van der Waals surface area contributed by atoms with Gasteiger partial charge in [0.15, 0.2) is 11.6 Å². The van der Waals surface area contributed by atoms with E-state index in [0.29, 0.717) is 12.1 Å². The maximum Gasteiger partial charge on any atom is 0.295 e. The summed E-state index contributed by atoms with van der Waals surface area (Å²) in [6.45, 7) is 2.52. The number of tetrazole rings is 1. The number of benzene rings is 1. The number of H-pyrrole nitrogens is 1. The second kappa shape index (κ2) is 6.09. The number of carbonyl (C=O) groups is 1. The highest BCUT2D eigenvalue weighted by Crippen LogP contribution is 2.19. The lowest BCUT2D eigenvalue weighted by atomic mass is 10.2. The van der Waals surface area contributed by atoms with E-state index in [1.165, 1.54) is 24.1 Å². The monoisotopic (exact) mass is 279 g/mol. The van der Waals surface area contributed by atoms with Crippen molar-refractivity contribution in [2.45, 2.75) is 13.5 Å². The van der Waals surface area contributed by atoms with E-state index in [2.05, 4.69) is 20.6 Å². The van der Waals surface area contributed by atoms with Crippen molar-refractivity contribution in [1.29, 1.82) is 0 Å². The number of nitrogens with zero attached hydrogens (tertiary/aromatic N) is 4. The molecule has 0 saturated heterocycles. The third-order valence-corrected chi connectivity index (χ3v) is 2.80. The van der Waals surface area contributed by atoms with Crippen molar-refractivity contribution in [1.82, 2.24) is 25.5 Å². The summed E-state index contributed by atoms with van der Waals surface area (Å²) in [6, 6.07) is 4.57. The number of halogens is 1. The summed E-state index contributed by atoms with van der Waals surface area (Å²) in [7, 11) is 1.40. The van der Waals surface area contributed by atoms with Crippen LogP contribution in [0.3, 0.4) is 0 Å². The Morgan fingerprint density at radius 1 is 1.50 bits per heavy atom. The van der Waals surface area contributed by atoms with Crippen LogP contribution in [0.2, 0.25) is 0 Å². The Bertz CT molecular complexity index is 588. The molecule has 0 unspecified atom stereocenters. The van der Waals surface area contributed by atoms with E-state index in [0.717, 1.165) is 0 Å². The topological polar surface area (TPSA) is 84.0 Å². The van der Waals surface area contributed by atoms with Gasteiger partial charge in [-0.1, -0.05) is 6.07 Å². The lowest BCUT2D eigenvalue weighted by Crippen LogP contribution is -2.31. The van der Waals surface area contributed by atoms with E-state index in [1.807, 2.05) is 6.92 Å². The number of rotatable bonds is 5. The number of aromatic amines is 1. The van der Waals surface area contributed by atoms with Gasteiger partial charge in [0.1, 0.15) is 0 Å². The molecule has 106 valence electrons. The van der Waals surface area contributed by atoms with Crippen LogP contribution >= 0.6 is 0 Å². The van der Waals surface area contributed by atoms with Gasteiger partial charge in [-0.15, -0.1) is 10.2 Å². The second-order valence-electron chi connectivity index (χ2n) is 4.02. The first kappa shape index (κ1) is 13.9. The van der Waals surface area contributed by atoms with Gasteiger partial charge in [-0.05, 0) is 29.8 Å².